The Morgan fingerprint density at radius 1 is 1.19 bits per heavy atom. The van der Waals surface area contributed by atoms with Gasteiger partial charge in [0, 0.05) is 28.8 Å². The average Bonchev–Trinajstić information content (AvgIpc) is 3.33. The summed E-state index contributed by atoms with van der Waals surface area (Å²) in [7, 11) is 3.19. The molecule has 12 heteroatoms. The summed E-state index contributed by atoms with van der Waals surface area (Å²) in [6, 6.07) is 15.4. The lowest BCUT2D eigenvalue weighted by Crippen LogP contribution is -2.13. The number of aromatic nitrogens is 1. The molecule has 0 saturated carbocycles. The Morgan fingerprint density at radius 3 is 2.78 bits per heavy atom. The molecule has 2 atom stereocenters. The van der Waals surface area contributed by atoms with Crippen molar-refractivity contribution < 1.29 is 24.1 Å². The third-order valence-corrected chi connectivity index (χ3v) is 6.70. The Hall–Kier alpha value is -3.54. The minimum atomic E-state index is -0.988. The first kappa shape index (κ1) is 26.5. The Balaban J connectivity index is 1.66. The fourth-order valence-corrected chi connectivity index (χ4v) is 4.72. The van der Waals surface area contributed by atoms with Crippen LogP contribution in [0.1, 0.15) is 35.4 Å². The molecular weight excluding hydrogens is 518 g/mol. The maximum absolute atomic E-state index is 10.6. The van der Waals surface area contributed by atoms with Gasteiger partial charge in [0.1, 0.15) is 12.2 Å². The Bertz CT molecular complexity index is 1330. The van der Waals surface area contributed by atoms with E-state index in [9.17, 15) is 4.79 Å². The molecule has 0 bridgehead atoms. The first-order valence-corrected chi connectivity index (χ1v) is 12.7. The van der Waals surface area contributed by atoms with Crippen LogP contribution in [-0.4, -0.2) is 47.3 Å². The van der Waals surface area contributed by atoms with E-state index in [1.165, 1.54) is 0 Å². The average molecular weight is 544 g/mol. The van der Waals surface area contributed by atoms with Crippen LogP contribution in [0.3, 0.4) is 0 Å². The number of aliphatic carboxylic acids is 1. The van der Waals surface area contributed by atoms with Crippen LogP contribution in [0.2, 0.25) is 5.02 Å². The summed E-state index contributed by atoms with van der Waals surface area (Å²) in [4.78, 5) is 10.6. The van der Waals surface area contributed by atoms with E-state index < -0.39 is 12.1 Å². The lowest BCUT2D eigenvalue weighted by molar-refractivity contribution is -0.133. The highest BCUT2D eigenvalue weighted by atomic mass is 35.5. The topological polar surface area (TPSA) is 133 Å². The summed E-state index contributed by atoms with van der Waals surface area (Å²) < 4.78 is 20.1. The standard InChI is InChI=1S/C25H26ClN5O5S/c1-34-21-7-3-5-16(24(21)35-2)23-17-13-15(26)8-9-18(17)31-12-4-6-19(31)20(36-23)10-11-28-30-29-25(27)37-14-22(32)33/h3-9,12-13,20,23H,10-11,14H2,1-2H3,(H,32,33)(H2,27,28,29)/t20-,23-/m1/s1. The minimum absolute atomic E-state index is 0.0308. The summed E-state index contributed by atoms with van der Waals surface area (Å²) in [6.45, 7) is 0.301. The number of halogens is 1. The summed E-state index contributed by atoms with van der Waals surface area (Å²) >= 11 is 7.31. The number of ether oxygens (including phenoxy) is 3. The van der Waals surface area contributed by atoms with Gasteiger partial charge in [0.25, 0.3) is 0 Å². The zero-order chi connectivity index (χ0) is 26.4. The Kier molecular flexibility index (Phi) is 8.70. The van der Waals surface area contributed by atoms with Gasteiger partial charge in [0.05, 0.1) is 37.9 Å². The summed E-state index contributed by atoms with van der Waals surface area (Å²) in [5.41, 5.74) is 9.22. The van der Waals surface area contributed by atoms with Crippen molar-refractivity contribution in [1.82, 2.24) is 4.57 Å². The van der Waals surface area contributed by atoms with Crippen LogP contribution in [-0.2, 0) is 9.53 Å². The highest BCUT2D eigenvalue weighted by Gasteiger charge is 2.32. The molecule has 1 aliphatic heterocycles. The van der Waals surface area contributed by atoms with Crippen molar-refractivity contribution in [1.29, 1.82) is 0 Å². The molecule has 0 amide bonds. The quantitative estimate of drug-likeness (QED) is 0.164. The highest BCUT2D eigenvalue weighted by molar-refractivity contribution is 8.14. The molecule has 0 saturated heterocycles. The zero-order valence-electron chi connectivity index (χ0n) is 20.2. The van der Waals surface area contributed by atoms with Crippen molar-refractivity contribution in [3.05, 3.63) is 76.6 Å². The maximum Gasteiger partial charge on any atom is 0.313 e. The van der Waals surface area contributed by atoms with E-state index in [1.54, 1.807) is 14.2 Å². The van der Waals surface area contributed by atoms with Gasteiger partial charge in [-0.3, -0.25) is 4.79 Å². The van der Waals surface area contributed by atoms with Crippen molar-refractivity contribution >= 4 is 34.5 Å². The molecule has 0 unspecified atom stereocenters. The number of carbonyl (C=O) groups is 1. The van der Waals surface area contributed by atoms with Crippen LogP contribution in [0.25, 0.3) is 5.69 Å². The van der Waals surface area contributed by atoms with E-state index in [2.05, 4.69) is 20.0 Å². The molecule has 0 fully saturated rings. The lowest BCUT2D eigenvalue weighted by Gasteiger charge is -2.25. The monoisotopic (exact) mass is 543 g/mol. The number of benzene rings is 2. The summed E-state index contributed by atoms with van der Waals surface area (Å²) in [5.74, 6) is -0.0115. The molecule has 194 valence electrons. The summed E-state index contributed by atoms with van der Waals surface area (Å²) in [6.07, 6.45) is 1.61. The first-order valence-electron chi connectivity index (χ1n) is 11.3. The molecule has 2 aromatic carbocycles. The van der Waals surface area contributed by atoms with Crippen molar-refractivity contribution in [3.63, 3.8) is 0 Å². The smallest absolute Gasteiger partial charge is 0.313 e. The molecule has 0 radical (unpaired) electrons. The van der Waals surface area contributed by atoms with Crippen LogP contribution < -0.4 is 15.2 Å². The molecular formula is C25H26ClN5O5S. The lowest BCUT2D eigenvalue weighted by atomic mass is 9.98. The number of carboxylic acid groups (broad SMARTS) is 1. The van der Waals surface area contributed by atoms with Crippen molar-refractivity contribution in [2.24, 2.45) is 21.2 Å². The number of thioether (sulfide) groups is 1. The predicted octanol–water partition coefficient (Wildman–Crippen LogP) is 5.20. The molecule has 3 aromatic rings. The zero-order valence-corrected chi connectivity index (χ0v) is 21.8. The largest absolute Gasteiger partial charge is 0.493 e. The molecule has 1 aromatic heterocycles. The van der Waals surface area contributed by atoms with E-state index in [1.807, 2.05) is 54.7 Å². The van der Waals surface area contributed by atoms with Gasteiger partial charge in [0.15, 0.2) is 16.7 Å². The van der Waals surface area contributed by atoms with Gasteiger partial charge in [-0.05, 0) is 41.6 Å². The van der Waals surface area contributed by atoms with E-state index >= 15 is 0 Å². The number of nitrogens with two attached hydrogens (primary N) is 1. The second-order valence-corrected chi connectivity index (χ2v) is 9.39. The molecule has 37 heavy (non-hydrogen) atoms. The predicted molar refractivity (Wildman–Crippen MR) is 142 cm³/mol. The van der Waals surface area contributed by atoms with Gasteiger partial charge in [-0.2, -0.15) is 5.11 Å². The summed E-state index contributed by atoms with van der Waals surface area (Å²) in [5, 5.41) is 20.9. The van der Waals surface area contributed by atoms with Crippen molar-refractivity contribution in [2.45, 2.75) is 18.6 Å². The highest BCUT2D eigenvalue weighted by Crippen LogP contribution is 2.46. The van der Waals surface area contributed by atoms with Gasteiger partial charge in [-0.1, -0.05) is 35.5 Å². The Labute approximate surface area is 223 Å². The number of hydrogen-bond donors (Lipinski definition) is 2. The van der Waals surface area contributed by atoms with Crippen LogP contribution in [0.4, 0.5) is 0 Å². The number of nitrogens with zero attached hydrogens (tertiary/aromatic N) is 4. The second kappa shape index (κ2) is 12.1. The number of rotatable bonds is 9. The van der Waals surface area contributed by atoms with Crippen LogP contribution in [0.15, 0.2) is 70.2 Å². The molecule has 10 nitrogen and oxygen atoms in total. The number of hydrogen-bond acceptors (Lipinski definition) is 7. The molecule has 3 N–H and O–H groups in total. The maximum atomic E-state index is 10.6. The SMILES string of the molecule is COc1cccc([C@H]2O[C@H](CCN=NN=C(N)SCC(=O)O)c3cccn3-c3ccc(Cl)cc32)c1OC. The van der Waals surface area contributed by atoms with Crippen molar-refractivity contribution in [3.8, 4) is 17.2 Å². The Morgan fingerprint density at radius 2 is 2.03 bits per heavy atom. The number of methoxy groups -OCH3 is 2. The van der Waals surface area contributed by atoms with Crippen LogP contribution in [0, 0.1) is 0 Å². The fraction of sp³-hybridized carbons (Fsp3) is 0.280. The normalized spacial score (nSPS) is 17.2. The van der Waals surface area contributed by atoms with Gasteiger partial charge < -0.3 is 29.6 Å². The van der Waals surface area contributed by atoms with E-state index in [4.69, 9.17) is 36.7 Å². The van der Waals surface area contributed by atoms with E-state index in [-0.39, 0.29) is 17.0 Å². The van der Waals surface area contributed by atoms with Crippen LogP contribution in [0.5, 0.6) is 11.5 Å². The number of fused-ring (bicyclic) bond motifs is 3. The third-order valence-electron chi connectivity index (χ3n) is 5.70. The fourth-order valence-electron chi connectivity index (χ4n) is 4.17. The van der Waals surface area contributed by atoms with E-state index in [0.717, 1.165) is 34.3 Å². The van der Waals surface area contributed by atoms with Gasteiger partial charge in [-0.25, -0.2) is 0 Å². The second-order valence-electron chi connectivity index (χ2n) is 7.96. The first-order chi connectivity index (χ1) is 17.9. The number of para-hydroxylation sites is 1. The van der Waals surface area contributed by atoms with Gasteiger partial charge >= 0.3 is 5.97 Å². The molecule has 0 aliphatic carbocycles. The third kappa shape index (κ3) is 6.07. The minimum Gasteiger partial charge on any atom is -0.493 e. The number of carboxylic acids is 1. The molecule has 2 heterocycles. The van der Waals surface area contributed by atoms with E-state index in [0.29, 0.717) is 29.5 Å². The van der Waals surface area contributed by atoms with Crippen molar-refractivity contribution in [2.75, 3.05) is 26.5 Å². The van der Waals surface area contributed by atoms with Gasteiger partial charge in [-0.15, -0.1) is 5.10 Å². The number of amidine groups is 1. The molecule has 0 spiro atoms. The van der Waals surface area contributed by atoms with Gasteiger partial charge in [0.2, 0.25) is 0 Å². The van der Waals surface area contributed by atoms with Crippen LogP contribution >= 0.6 is 23.4 Å². The molecule has 4 rings (SSSR count). The molecule has 1 aliphatic rings.